The molecule has 0 amide bonds. The van der Waals surface area contributed by atoms with Crippen LogP contribution in [0.15, 0.2) is 73.4 Å². The Balaban J connectivity index is 1.60. The molecule has 136 valence electrons. The van der Waals surface area contributed by atoms with E-state index in [4.69, 9.17) is 9.72 Å². The molecule has 1 aromatic carbocycles. The maximum absolute atomic E-state index is 5.22. The number of nitrogens with zero attached hydrogens (tertiary/aromatic N) is 5. The largest absolute Gasteiger partial charge is 0.495 e. The van der Waals surface area contributed by atoms with Gasteiger partial charge in [-0.25, -0.2) is 9.50 Å². The van der Waals surface area contributed by atoms with Crippen molar-refractivity contribution in [1.29, 1.82) is 0 Å². The third kappa shape index (κ3) is 2.79. The van der Waals surface area contributed by atoms with Crippen molar-refractivity contribution in [1.82, 2.24) is 24.6 Å². The number of hydrogen-bond acceptors (Lipinski definition) is 6. The topological polar surface area (TPSA) is 77.2 Å². The number of rotatable bonds is 4. The summed E-state index contributed by atoms with van der Waals surface area (Å²) in [4.78, 5) is 13.5. The van der Waals surface area contributed by atoms with E-state index in [-0.39, 0.29) is 0 Å². The Hall–Kier alpha value is -4.00. The summed E-state index contributed by atoms with van der Waals surface area (Å²) in [5.74, 6) is 1.37. The molecule has 0 atom stereocenters. The number of methoxy groups -OCH3 is 1. The van der Waals surface area contributed by atoms with E-state index in [1.165, 1.54) is 0 Å². The average Bonchev–Trinajstić information content (AvgIpc) is 3.16. The first kappa shape index (κ1) is 16.2. The van der Waals surface area contributed by atoms with Crippen molar-refractivity contribution in [2.24, 2.45) is 0 Å². The number of aromatic nitrogens is 5. The van der Waals surface area contributed by atoms with Crippen molar-refractivity contribution in [2.75, 3.05) is 12.4 Å². The van der Waals surface area contributed by atoms with Gasteiger partial charge in [-0.15, -0.1) is 0 Å². The quantitative estimate of drug-likeness (QED) is 0.515. The summed E-state index contributed by atoms with van der Waals surface area (Å²) in [5, 5.41) is 8.79. The molecule has 4 aromatic heterocycles. The van der Waals surface area contributed by atoms with Crippen LogP contribution in [-0.2, 0) is 0 Å². The van der Waals surface area contributed by atoms with Crippen molar-refractivity contribution < 1.29 is 4.74 Å². The summed E-state index contributed by atoms with van der Waals surface area (Å²) in [6, 6.07) is 13.8. The number of benzene rings is 1. The highest BCUT2D eigenvalue weighted by atomic mass is 16.5. The van der Waals surface area contributed by atoms with Gasteiger partial charge in [0.2, 0.25) is 0 Å². The summed E-state index contributed by atoms with van der Waals surface area (Å²) in [5.41, 5.74) is 4.40. The zero-order valence-electron chi connectivity index (χ0n) is 15.1. The van der Waals surface area contributed by atoms with Crippen LogP contribution in [0.1, 0.15) is 0 Å². The van der Waals surface area contributed by atoms with E-state index >= 15 is 0 Å². The molecular formula is C21H16N6O. The van der Waals surface area contributed by atoms with Gasteiger partial charge in [0.1, 0.15) is 11.6 Å². The smallest absolute Gasteiger partial charge is 0.165 e. The maximum atomic E-state index is 5.22. The van der Waals surface area contributed by atoms with E-state index in [1.54, 1.807) is 30.2 Å². The van der Waals surface area contributed by atoms with Gasteiger partial charge < -0.3 is 10.1 Å². The van der Waals surface area contributed by atoms with Gasteiger partial charge in [0.15, 0.2) is 5.65 Å². The molecule has 0 aliphatic carbocycles. The average molecular weight is 368 g/mol. The van der Waals surface area contributed by atoms with Gasteiger partial charge in [-0.05, 0) is 12.1 Å². The van der Waals surface area contributed by atoms with Gasteiger partial charge in [-0.1, -0.05) is 24.3 Å². The fourth-order valence-corrected chi connectivity index (χ4v) is 3.20. The van der Waals surface area contributed by atoms with E-state index < -0.39 is 0 Å². The van der Waals surface area contributed by atoms with E-state index in [0.717, 1.165) is 33.4 Å². The number of hydrogen-bond donors (Lipinski definition) is 1. The molecule has 28 heavy (non-hydrogen) atoms. The number of para-hydroxylation sites is 1. The van der Waals surface area contributed by atoms with Crippen LogP contribution < -0.4 is 10.1 Å². The lowest BCUT2D eigenvalue weighted by Gasteiger charge is -2.08. The molecule has 7 nitrogen and oxygen atoms in total. The predicted molar refractivity (Wildman–Crippen MR) is 108 cm³/mol. The number of ether oxygens (including phenoxy) is 1. The molecule has 0 saturated carbocycles. The van der Waals surface area contributed by atoms with Gasteiger partial charge in [0.25, 0.3) is 0 Å². The molecule has 5 aromatic rings. The maximum Gasteiger partial charge on any atom is 0.165 e. The predicted octanol–water partition coefficient (Wildman–Crippen LogP) is 4.09. The minimum atomic E-state index is 0.679. The molecule has 0 aliphatic heterocycles. The first-order chi connectivity index (χ1) is 13.8. The van der Waals surface area contributed by atoms with E-state index in [9.17, 15) is 0 Å². The molecule has 0 aliphatic rings. The summed E-state index contributed by atoms with van der Waals surface area (Å²) in [6.45, 7) is 0. The summed E-state index contributed by atoms with van der Waals surface area (Å²) >= 11 is 0. The molecule has 7 heteroatoms. The summed E-state index contributed by atoms with van der Waals surface area (Å²) in [6.07, 6.45) is 8.88. The van der Waals surface area contributed by atoms with Gasteiger partial charge in [0.05, 0.1) is 36.9 Å². The van der Waals surface area contributed by atoms with Crippen molar-refractivity contribution in [3.8, 4) is 16.9 Å². The van der Waals surface area contributed by atoms with Crippen molar-refractivity contribution in [3.05, 3.63) is 73.4 Å². The van der Waals surface area contributed by atoms with Crippen LogP contribution in [0.25, 0.3) is 27.7 Å². The minimum Gasteiger partial charge on any atom is -0.495 e. The first-order valence-corrected chi connectivity index (χ1v) is 8.76. The minimum absolute atomic E-state index is 0.679. The van der Waals surface area contributed by atoms with Crippen LogP contribution in [0.3, 0.4) is 0 Å². The number of pyridine rings is 2. The third-order valence-corrected chi connectivity index (χ3v) is 4.51. The molecule has 1 N–H and O–H groups in total. The Morgan fingerprint density at radius 2 is 1.93 bits per heavy atom. The molecule has 4 heterocycles. The van der Waals surface area contributed by atoms with Crippen LogP contribution >= 0.6 is 0 Å². The van der Waals surface area contributed by atoms with Crippen LogP contribution in [0, 0.1) is 0 Å². The highest BCUT2D eigenvalue weighted by Crippen LogP contribution is 2.30. The van der Waals surface area contributed by atoms with Crippen LogP contribution in [-0.4, -0.2) is 31.7 Å². The number of anilines is 2. The third-order valence-electron chi connectivity index (χ3n) is 4.51. The molecule has 0 unspecified atom stereocenters. The molecule has 5 rings (SSSR count). The number of fused-ring (bicyclic) bond motifs is 2. The lowest BCUT2D eigenvalue weighted by molar-refractivity contribution is 0.413. The monoisotopic (exact) mass is 368 g/mol. The Morgan fingerprint density at radius 1 is 1.00 bits per heavy atom. The van der Waals surface area contributed by atoms with Gasteiger partial charge >= 0.3 is 0 Å². The first-order valence-electron chi connectivity index (χ1n) is 8.76. The second-order valence-electron chi connectivity index (χ2n) is 6.26. The zero-order chi connectivity index (χ0) is 18.9. The highest BCUT2D eigenvalue weighted by molar-refractivity contribution is 5.96. The molecule has 0 bridgehead atoms. The SMILES string of the molecule is COc1cncc(Nc2ccn3ncc(-c4cccc5cccnc45)c3n2)c1. The fourth-order valence-electron chi connectivity index (χ4n) is 3.20. The molecule has 0 fully saturated rings. The van der Waals surface area contributed by atoms with Crippen LogP contribution in [0.5, 0.6) is 5.75 Å². The zero-order valence-corrected chi connectivity index (χ0v) is 15.1. The summed E-state index contributed by atoms with van der Waals surface area (Å²) < 4.78 is 6.98. The normalized spacial score (nSPS) is 11.0. The van der Waals surface area contributed by atoms with Crippen molar-refractivity contribution in [3.63, 3.8) is 0 Å². The van der Waals surface area contributed by atoms with Crippen molar-refractivity contribution in [2.45, 2.75) is 0 Å². The van der Waals surface area contributed by atoms with Gasteiger partial charge in [-0.3, -0.25) is 9.97 Å². The van der Waals surface area contributed by atoms with Crippen molar-refractivity contribution >= 4 is 28.1 Å². The molecule has 0 radical (unpaired) electrons. The lowest BCUT2D eigenvalue weighted by Crippen LogP contribution is -1.98. The van der Waals surface area contributed by atoms with Gasteiger partial charge in [0, 0.05) is 35.0 Å². The van der Waals surface area contributed by atoms with Crippen LogP contribution in [0.4, 0.5) is 11.5 Å². The Labute approximate surface area is 160 Å². The number of nitrogens with one attached hydrogen (secondary N) is 1. The highest BCUT2D eigenvalue weighted by Gasteiger charge is 2.12. The molecule has 0 spiro atoms. The molecular weight excluding hydrogens is 352 g/mol. The lowest BCUT2D eigenvalue weighted by atomic mass is 10.0. The Morgan fingerprint density at radius 3 is 2.86 bits per heavy atom. The fraction of sp³-hybridized carbons (Fsp3) is 0.0476. The second kappa shape index (κ2) is 6.62. The van der Waals surface area contributed by atoms with E-state index in [0.29, 0.717) is 11.6 Å². The van der Waals surface area contributed by atoms with Gasteiger partial charge in [-0.2, -0.15) is 5.10 Å². The van der Waals surface area contributed by atoms with E-state index in [1.807, 2.05) is 54.9 Å². The standard InChI is InChI=1S/C21H16N6O/c1-28-16-10-15(11-22-12-16)25-19-7-9-27-21(26-19)18(13-24-27)17-6-2-4-14-5-3-8-23-20(14)17/h2-13H,1H3,(H,25,26). The molecule has 0 saturated heterocycles. The second-order valence-corrected chi connectivity index (χ2v) is 6.26. The van der Waals surface area contributed by atoms with Crippen LogP contribution in [0.2, 0.25) is 0 Å². The summed E-state index contributed by atoms with van der Waals surface area (Å²) in [7, 11) is 1.61. The van der Waals surface area contributed by atoms with E-state index in [2.05, 4.69) is 20.4 Å². The Bertz CT molecular complexity index is 1290. The Kier molecular flexibility index (Phi) is 3.83.